The Morgan fingerprint density at radius 2 is 1.39 bits per heavy atom. The Morgan fingerprint density at radius 1 is 0.750 bits per heavy atom. The van der Waals surface area contributed by atoms with E-state index in [-0.39, 0.29) is 40.1 Å². The first-order valence-corrected chi connectivity index (χ1v) is 11.2. The van der Waals surface area contributed by atoms with E-state index in [1.807, 2.05) is 30.3 Å². The maximum Gasteiger partial charge on any atom is 0.254 e. The van der Waals surface area contributed by atoms with Crippen LogP contribution in [0.2, 0.25) is 0 Å². The minimum Gasteiger partial charge on any atom is -0.508 e. The lowest BCUT2D eigenvalue weighted by Crippen LogP contribution is -2.26. The molecule has 1 amide bonds. The van der Waals surface area contributed by atoms with E-state index in [0.29, 0.717) is 34.4 Å². The summed E-state index contributed by atoms with van der Waals surface area (Å²) in [6, 6.07) is 22.8. The summed E-state index contributed by atoms with van der Waals surface area (Å²) in [5, 5.41) is 41.0. The smallest absolute Gasteiger partial charge is 0.254 e. The highest BCUT2D eigenvalue weighted by Gasteiger charge is 2.26. The predicted molar refractivity (Wildman–Crippen MR) is 136 cm³/mol. The maximum absolute atomic E-state index is 13.7. The van der Waals surface area contributed by atoms with Gasteiger partial charge in [0.25, 0.3) is 5.91 Å². The molecular weight excluding hydrogens is 458 g/mol. The van der Waals surface area contributed by atoms with E-state index >= 15 is 0 Å². The van der Waals surface area contributed by atoms with Crippen LogP contribution in [-0.4, -0.2) is 38.3 Å². The molecular formula is C29H23NO6. The molecule has 0 aliphatic heterocycles. The zero-order valence-electron chi connectivity index (χ0n) is 19.3. The van der Waals surface area contributed by atoms with Crippen molar-refractivity contribution in [2.45, 2.75) is 6.54 Å². The van der Waals surface area contributed by atoms with Crippen molar-refractivity contribution in [3.05, 3.63) is 96.1 Å². The maximum atomic E-state index is 13.7. The summed E-state index contributed by atoms with van der Waals surface area (Å²) in [5.74, 6) is -0.394. The van der Waals surface area contributed by atoms with Crippen LogP contribution in [0.15, 0.2) is 89.3 Å². The average molecular weight is 482 g/mol. The Labute approximate surface area is 206 Å². The quantitative estimate of drug-likeness (QED) is 0.250. The lowest BCUT2D eigenvalue weighted by molar-refractivity contribution is 0.0786. The van der Waals surface area contributed by atoms with E-state index in [1.165, 1.54) is 42.5 Å². The topological polar surface area (TPSA) is 114 Å². The molecule has 0 atom stereocenters. The molecule has 5 aromatic rings. The SMILES string of the molecule is CN(Cc1ccccc1)C(=O)c1cc(O)cc2oc(-c3ccc(O)cc3)c(-c3cc(O)cc(O)c3)c12. The Balaban J connectivity index is 1.75. The van der Waals surface area contributed by atoms with Gasteiger partial charge in [0.15, 0.2) is 0 Å². The van der Waals surface area contributed by atoms with Gasteiger partial charge < -0.3 is 29.7 Å². The molecule has 0 bridgehead atoms. The summed E-state index contributed by atoms with van der Waals surface area (Å²) in [6.07, 6.45) is 0. The first-order chi connectivity index (χ1) is 17.3. The number of rotatable bonds is 5. The molecule has 0 radical (unpaired) electrons. The van der Waals surface area contributed by atoms with Crippen LogP contribution in [0, 0.1) is 0 Å². The van der Waals surface area contributed by atoms with Gasteiger partial charge >= 0.3 is 0 Å². The summed E-state index contributed by atoms with van der Waals surface area (Å²) in [5.41, 5.74) is 2.87. The van der Waals surface area contributed by atoms with E-state index in [9.17, 15) is 25.2 Å². The molecule has 36 heavy (non-hydrogen) atoms. The van der Waals surface area contributed by atoms with Crippen molar-refractivity contribution in [2.24, 2.45) is 0 Å². The van der Waals surface area contributed by atoms with Crippen molar-refractivity contribution in [1.82, 2.24) is 4.90 Å². The van der Waals surface area contributed by atoms with Gasteiger partial charge in [-0.05, 0) is 53.6 Å². The third kappa shape index (κ3) is 4.30. The second kappa shape index (κ2) is 9.03. The lowest BCUT2D eigenvalue weighted by Gasteiger charge is -2.18. The first-order valence-electron chi connectivity index (χ1n) is 11.2. The second-order valence-electron chi connectivity index (χ2n) is 8.60. The van der Waals surface area contributed by atoms with E-state index in [2.05, 4.69) is 0 Å². The molecule has 5 rings (SSSR count). The fourth-order valence-electron chi connectivity index (χ4n) is 4.35. The number of phenols is 4. The van der Waals surface area contributed by atoms with E-state index in [4.69, 9.17) is 4.42 Å². The van der Waals surface area contributed by atoms with Crippen molar-refractivity contribution >= 4 is 16.9 Å². The molecule has 0 saturated carbocycles. The zero-order chi connectivity index (χ0) is 25.4. The molecule has 0 spiro atoms. The lowest BCUT2D eigenvalue weighted by atomic mass is 9.95. The first kappa shape index (κ1) is 22.9. The van der Waals surface area contributed by atoms with Gasteiger partial charge in [-0.3, -0.25) is 4.79 Å². The van der Waals surface area contributed by atoms with Crippen LogP contribution in [0.4, 0.5) is 0 Å². The van der Waals surface area contributed by atoms with Crippen LogP contribution in [0.25, 0.3) is 33.4 Å². The largest absolute Gasteiger partial charge is 0.508 e. The van der Waals surface area contributed by atoms with Gasteiger partial charge in [0.1, 0.15) is 34.3 Å². The van der Waals surface area contributed by atoms with Crippen molar-refractivity contribution in [3.63, 3.8) is 0 Å². The van der Waals surface area contributed by atoms with Gasteiger partial charge in [0.2, 0.25) is 0 Å². The molecule has 0 saturated heterocycles. The molecule has 0 aliphatic carbocycles. The van der Waals surface area contributed by atoms with Crippen LogP contribution in [0.1, 0.15) is 15.9 Å². The van der Waals surface area contributed by atoms with Gasteiger partial charge in [0, 0.05) is 42.2 Å². The Morgan fingerprint density at radius 3 is 2.06 bits per heavy atom. The van der Waals surface area contributed by atoms with Crippen molar-refractivity contribution in [3.8, 4) is 45.4 Å². The van der Waals surface area contributed by atoms with E-state index < -0.39 is 0 Å². The molecule has 1 aromatic heterocycles. The van der Waals surface area contributed by atoms with Crippen molar-refractivity contribution in [1.29, 1.82) is 0 Å². The number of furan rings is 1. The number of aromatic hydroxyl groups is 4. The summed E-state index contributed by atoms with van der Waals surface area (Å²) >= 11 is 0. The number of hydrogen-bond acceptors (Lipinski definition) is 6. The highest BCUT2D eigenvalue weighted by atomic mass is 16.3. The van der Waals surface area contributed by atoms with Crippen LogP contribution in [-0.2, 0) is 6.54 Å². The molecule has 180 valence electrons. The molecule has 0 unspecified atom stereocenters. The Bertz CT molecular complexity index is 1550. The summed E-state index contributed by atoms with van der Waals surface area (Å²) < 4.78 is 6.15. The summed E-state index contributed by atoms with van der Waals surface area (Å²) in [4.78, 5) is 15.2. The normalized spacial score (nSPS) is 11.0. The molecule has 7 nitrogen and oxygen atoms in total. The minimum atomic E-state index is -0.344. The van der Waals surface area contributed by atoms with Crippen LogP contribution in [0.3, 0.4) is 0 Å². The van der Waals surface area contributed by atoms with Crippen LogP contribution < -0.4 is 0 Å². The standard InChI is InChI=1S/C29H23NO6/c1-30(16-17-5-3-2-4-6-17)29(35)24-14-23(34)15-25-27(24)26(19-11-21(32)13-22(33)12-19)28(36-25)18-7-9-20(31)10-8-18/h2-15,31-34H,16H2,1H3. The van der Waals surface area contributed by atoms with E-state index in [0.717, 1.165) is 5.56 Å². The molecule has 1 heterocycles. The van der Waals surface area contributed by atoms with Crippen molar-refractivity contribution in [2.75, 3.05) is 7.05 Å². The number of phenolic OH excluding ortho intramolecular Hbond substituents is 4. The fourth-order valence-corrected chi connectivity index (χ4v) is 4.35. The number of fused-ring (bicyclic) bond motifs is 1. The summed E-state index contributed by atoms with van der Waals surface area (Å²) in [7, 11) is 1.67. The Hall–Kier alpha value is -4.91. The highest BCUT2D eigenvalue weighted by Crippen LogP contribution is 2.45. The van der Waals surface area contributed by atoms with Gasteiger partial charge in [-0.15, -0.1) is 0 Å². The van der Waals surface area contributed by atoms with E-state index in [1.54, 1.807) is 24.1 Å². The molecule has 0 aliphatic rings. The predicted octanol–water partition coefficient (Wildman–Crippen LogP) is 5.86. The fraction of sp³-hybridized carbons (Fsp3) is 0.0690. The number of carbonyl (C=O) groups is 1. The van der Waals surface area contributed by atoms with Crippen LogP contribution in [0.5, 0.6) is 23.0 Å². The summed E-state index contributed by atoms with van der Waals surface area (Å²) in [6.45, 7) is 0.349. The van der Waals surface area contributed by atoms with Crippen molar-refractivity contribution < 1.29 is 29.6 Å². The Kier molecular flexibility index (Phi) is 5.74. The van der Waals surface area contributed by atoms with Gasteiger partial charge in [-0.25, -0.2) is 0 Å². The third-order valence-corrected chi connectivity index (χ3v) is 5.94. The molecule has 0 fully saturated rings. The molecule has 7 heteroatoms. The zero-order valence-corrected chi connectivity index (χ0v) is 19.3. The van der Waals surface area contributed by atoms with Gasteiger partial charge in [-0.2, -0.15) is 0 Å². The molecule has 4 aromatic carbocycles. The minimum absolute atomic E-state index is 0.0717. The third-order valence-electron chi connectivity index (χ3n) is 5.94. The number of benzene rings is 4. The number of hydrogen-bond donors (Lipinski definition) is 4. The van der Waals surface area contributed by atoms with Crippen LogP contribution >= 0.6 is 0 Å². The monoisotopic (exact) mass is 481 g/mol. The number of carbonyl (C=O) groups excluding carboxylic acids is 1. The average Bonchev–Trinajstić information content (AvgIpc) is 3.22. The highest BCUT2D eigenvalue weighted by molar-refractivity contribution is 6.14. The number of nitrogens with zero attached hydrogens (tertiary/aromatic N) is 1. The van der Waals surface area contributed by atoms with Gasteiger partial charge in [-0.1, -0.05) is 30.3 Å². The second-order valence-corrected chi connectivity index (χ2v) is 8.60. The molecule has 4 N–H and O–H groups in total. The van der Waals surface area contributed by atoms with Gasteiger partial charge in [0.05, 0.1) is 5.56 Å². The number of amides is 1.